The molecule has 1 unspecified atom stereocenters. The van der Waals surface area contributed by atoms with Gasteiger partial charge in [0.2, 0.25) is 0 Å². The summed E-state index contributed by atoms with van der Waals surface area (Å²) in [5, 5.41) is 9.39. The Morgan fingerprint density at radius 2 is 2.32 bits per heavy atom. The number of hydrogen-bond acceptors (Lipinski definition) is 4. The number of nitrogens with one attached hydrogen (secondary N) is 1. The first kappa shape index (κ1) is 13.5. The van der Waals surface area contributed by atoms with Gasteiger partial charge in [0.05, 0.1) is 6.61 Å². The van der Waals surface area contributed by atoms with Gasteiger partial charge < -0.3 is 14.3 Å². The lowest BCUT2D eigenvalue weighted by atomic mass is 10.1. The number of H-pyrrole nitrogens is 1. The van der Waals surface area contributed by atoms with E-state index >= 15 is 0 Å². The Hall–Kier alpha value is -2.18. The molecule has 22 heavy (non-hydrogen) atoms. The van der Waals surface area contributed by atoms with Crippen LogP contribution in [0.15, 0.2) is 36.8 Å². The van der Waals surface area contributed by atoms with Crippen LogP contribution in [0.4, 0.5) is 0 Å². The van der Waals surface area contributed by atoms with Gasteiger partial charge in [-0.1, -0.05) is 18.2 Å². The van der Waals surface area contributed by atoms with Gasteiger partial charge in [0.25, 0.3) is 0 Å². The molecular formula is C16H19N5O. The molecule has 0 spiro atoms. The smallest absolute Gasteiger partial charge is 0.163 e. The van der Waals surface area contributed by atoms with Crippen molar-refractivity contribution in [2.75, 3.05) is 19.7 Å². The average Bonchev–Trinajstić information content (AvgIpc) is 3.17. The minimum atomic E-state index is -0.0101. The number of nitrogens with zero attached hydrogens (tertiary/aromatic N) is 4. The van der Waals surface area contributed by atoms with E-state index in [1.807, 2.05) is 17.8 Å². The maximum absolute atomic E-state index is 5.87. The van der Waals surface area contributed by atoms with Crippen LogP contribution >= 0.6 is 0 Å². The average molecular weight is 297 g/mol. The summed E-state index contributed by atoms with van der Waals surface area (Å²) >= 11 is 0. The van der Waals surface area contributed by atoms with E-state index in [1.165, 1.54) is 16.5 Å². The molecule has 0 saturated carbocycles. The number of para-hydroxylation sites is 1. The fourth-order valence-corrected chi connectivity index (χ4v) is 3.11. The Balaban J connectivity index is 1.53. The minimum Gasteiger partial charge on any atom is -0.368 e. The number of morpholine rings is 1. The molecule has 0 amide bonds. The Labute approximate surface area is 128 Å². The van der Waals surface area contributed by atoms with Crippen molar-refractivity contribution in [1.29, 1.82) is 0 Å². The third kappa shape index (κ3) is 2.40. The van der Waals surface area contributed by atoms with Gasteiger partial charge in [0.1, 0.15) is 12.4 Å². The molecule has 6 heteroatoms. The van der Waals surface area contributed by atoms with Gasteiger partial charge in [-0.05, 0) is 17.0 Å². The van der Waals surface area contributed by atoms with Crippen molar-refractivity contribution >= 4 is 10.9 Å². The number of rotatable bonds is 3. The molecule has 1 saturated heterocycles. The van der Waals surface area contributed by atoms with Gasteiger partial charge >= 0.3 is 0 Å². The van der Waals surface area contributed by atoms with Crippen LogP contribution in [0.25, 0.3) is 10.9 Å². The Morgan fingerprint density at radius 3 is 3.18 bits per heavy atom. The first-order chi connectivity index (χ1) is 10.8. The minimum absolute atomic E-state index is 0.0101. The summed E-state index contributed by atoms with van der Waals surface area (Å²) in [5.41, 5.74) is 2.55. The maximum Gasteiger partial charge on any atom is 0.163 e. The van der Waals surface area contributed by atoms with Crippen molar-refractivity contribution in [2.45, 2.75) is 12.6 Å². The third-order valence-electron chi connectivity index (χ3n) is 4.25. The summed E-state index contributed by atoms with van der Waals surface area (Å²) in [4.78, 5) is 5.76. The van der Waals surface area contributed by atoms with Crippen LogP contribution in [0, 0.1) is 0 Å². The zero-order chi connectivity index (χ0) is 14.9. The summed E-state index contributed by atoms with van der Waals surface area (Å²) in [6.07, 6.45) is 3.71. The molecule has 3 aromatic rings. The van der Waals surface area contributed by atoms with Gasteiger partial charge in [-0.15, -0.1) is 10.2 Å². The first-order valence-electron chi connectivity index (χ1n) is 7.54. The molecule has 1 aliphatic rings. The monoisotopic (exact) mass is 297 g/mol. The fraction of sp³-hybridized carbons (Fsp3) is 0.375. The number of fused-ring (bicyclic) bond motifs is 1. The van der Waals surface area contributed by atoms with E-state index < -0.39 is 0 Å². The van der Waals surface area contributed by atoms with Gasteiger partial charge in [0.15, 0.2) is 5.82 Å². The quantitative estimate of drug-likeness (QED) is 0.802. The van der Waals surface area contributed by atoms with Crippen molar-refractivity contribution in [3.05, 3.63) is 48.2 Å². The van der Waals surface area contributed by atoms with Crippen LogP contribution in [0.1, 0.15) is 17.5 Å². The van der Waals surface area contributed by atoms with Gasteiger partial charge in [-0.25, -0.2) is 0 Å². The van der Waals surface area contributed by atoms with E-state index in [2.05, 4.69) is 44.3 Å². The summed E-state index contributed by atoms with van der Waals surface area (Å²) in [5.74, 6) is 0.891. The van der Waals surface area contributed by atoms with E-state index in [0.717, 1.165) is 32.1 Å². The summed E-state index contributed by atoms with van der Waals surface area (Å²) in [6.45, 7) is 3.41. The highest BCUT2D eigenvalue weighted by atomic mass is 16.5. The molecule has 1 N–H and O–H groups in total. The van der Waals surface area contributed by atoms with Crippen molar-refractivity contribution in [1.82, 2.24) is 24.6 Å². The lowest BCUT2D eigenvalue weighted by Crippen LogP contribution is -2.38. The van der Waals surface area contributed by atoms with E-state index in [-0.39, 0.29) is 6.10 Å². The molecule has 4 rings (SSSR count). The maximum atomic E-state index is 5.87. The van der Waals surface area contributed by atoms with Gasteiger partial charge in [-0.3, -0.25) is 4.90 Å². The molecule has 0 aliphatic carbocycles. The zero-order valence-electron chi connectivity index (χ0n) is 12.6. The van der Waals surface area contributed by atoms with E-state index in [4.69, 9.17) is 4.74 Å². The van der Waals surface area contributed by atoms with Crippen LogP contribution in [-0.2, 0) is 18.3 Å². The number of aromatic nitrogens is 4. The Bertz CT molecular complexity index is 778. The number of ether oxygens (including phenoxy) is 1. The van der Waals surface area contributed by atoms with Crippen molar-refractivity contribution in [3.63, 3.8) is 0 Å². The second-order valence-corrected chi connectivity index (χ2v) is 5.75. The van der Waals surface area contributed by atoms with Crippen LogP contribution in [0.5, 0.6) is 0 Å². The third-order valence-corrected chi connectivity index (χ3v) is 4.25. The van der Waals surface area contributed by atoms with Crippen molar-refractivity contribution < 1.29 is 4.74 Å². The molecule has 1 fully saturated rings. The fourth-order valence-electron chi connectivity index (χ4n) is 3.11. The van der Waals surface area contributed by atoms with Gasteiger partial charge in [-0.2, -0.15) is 0 Å². The Morgan fingerprint density at radius 1 is 1.36 bits per heavy atom. The molecule has 0 radical (unpaired) electrons. The molecule has 1 atom stereocenters. The molecular weight excluding hydrogens is 278 g/mol. The highest BCUT2D eigenvalue weighted by Crippen LogP contribution is 2.23. The molecule has 3 heterocycles. The van der Waals surface area contributed by atoms with Crippen LogP contribution < -0.4 is 0 Å². The second-order valence-electron chi connectivity index (χ2n) is 5.75. The predicted molar refractivity (Wildman–Crippen MR) is 83.3 cm³/mol. The lowest BCUT2D eigenvalue weighted by molar-refractivity contribution is -0.0384. The largest absolute Gasteiger partial charge is 0.368 e. The zero-order valence-corrected chi connectivity index (χ0v) is 12.6. The first-order valence-corrected chi connectivity index (χ1v) is 7.54. The molecule has 0 bridgehead atoms. The molecule has 1 aliphatic heterocycles. The number of hydrogen-bond donors (Lipinski definition) is 1. The van der Waals surface area contributed by atoms with Crippen molar-refractivity contribution in [2.24, 2.45) is 7.05 Å². The van der Waals surface area contributed by atoms with Crippen LogP contribution in [-0.4, -0.2) is 44.3 Å². The number of aryl methyl sites for hydroxylation is 1. The molecule has 2 aromatic heterocycles. The number of aromatic amines is 1. The summed E-state index contributed by atoms with van der Waals surface area (Å²) in [6, 6.07) is 8.55. The highest BCUT2D eigenvalue weighted by Gasteiger charge is 2.25. The standard InChI is InChI=1S/C16H19N5O/c1-20-11-18-19-16(20)14-10-21(7-8-22-14)9-13-4-2-3-12-5-6-17-15(12)13/h2-6,11,14,17H,7-10H2,1H3. The van der Waals surface area contributed by atoms with E-state index in [1.54, 1.807) is 6.33 Å². The lowest BCUT2D eigenvalue weighted by Gasteiger charge is -2.32. The molecule has 6 nitrogen and oxygen atoms in total. The normalized spacial score (nSPS) is 19.8. The summed E-state index contributed by atoms with van der Waals surface area (Å²) < 4.78 is 7.80. The topological polar surface area (TPSA) is 59.0 Å². The SMILES string of the molecule is Cn1cnnc1C1CN(Cc2cccc3cc[nH]c23)CCO1. The highest BCUT2D eigenvalue weighted by molar-refractivity contribution is 5.82. The molecule has 1 aromatic carbocycles. The predicted octanol–water partition coefficient (Wildman–Crippen LogP) is 1.87. The summed E-state index contributed by atoms with van der Waals surface area (Å²) in [7, 11) is 1.96. The number of benzene rings is 1. The second kappa shape index (κ2) is 5.55. The van der Waals surface area contributed by atoms with E-state index in [0.29, 0.717) is 0 Å². The van der Waals surface area contributed by atoms with Crippen molar-refractivity contribution in [3.8, 4) is 0 Å². The van der Waals surface area contributed by atoms with Crippen LogP contribution in [0.3, 0.4) is 0 Å². The van der Waals surface area contributed by atoms with Crippen LogP contribution in [0.2, 0.25) is 0 Å². The van der Waals surface area contributed by atoms with Gasteiger partial charge in [0, 0.05) is 38.4 Å². The van der Waals surface area contributed by atoms with E-state index in [9.17, 15) is 0 Å². The Kier molecular flexibility index (Phi) is 3.40. The molecule has 114 valence electrons.